The monoisotopic (exact) mass is 285 g/mol. The van der Waals surface area contributed by atoms with Gasteiger partial charge in [-0.2, -0.15) is 0 Å². The van der Waals surface area contributed by atoms with Crippen molar-refractivity contribution in [3.05, 3.63) is 10.1 Å². The van der Waals surface area contributed by atoms with Gasteiger partial charge >= 0.3 is 0 Å². The third kappa shape index (κ3) is 4.33. The molecule has 0 aromatic heterocycles. The van der Waals surface area contributed by atoms with Crippen molar-refractivity contribution in [2.75, 3.05) is 20.1 Å². The number of nitrogens with one attached hydrogen (secondary N) is 1. The van der Waals surface area contributed by atoms with Crippen LogP contribution in [0.1, 0.15) is 38.5 Å². The molecule has 0 aromatic carbocycles. The molecule has 0 aromatic rings. The first-order chi connectivity index (χ1) is 9.54. The Morgan fingerprint density at radius 3 is 2.60 bits per heavy atom. The molecule has 2 rings (SSSR count). The quantitative estimate of drug-likeness (QED) is 0.614. The predicted octanol–water partition coefficient (Wildman–Crippen LogP) is 0.964. The predicted molar refractivity (Wildman–Crippen MR) is 72.5 cm³/mol. The number of rotatable bonds is 4. The molecule has 2 aliphatic rings. The highest BCUT2D eigenvalue weighted by Crippen LogP contribution is 2.22. The first-order valence-electron chi connectivity index (χ1n) is 7.34. The van der Waals surface area contributed by atoms with E-state index in [1.807, 2.05) is 7.05 Å². The number of hydrogen-bond donors (Lipinski definition) is 1. The van der Waals surface area contributed by atoms with Gasteiger partial charge in [0.1, 0.15) is 6.10 Å². The summed E-state index contributed by atoms with van der Waals surface area (Å²) >= 11 is 0. The average molecular weight is 285 g/mol. The lowest BCUT2D eigenvalue weighted by Crippen LogP contribution is -2.46. The molecule has 0 bridgehead atoms. The van der Waals surface area contributed by atoms with Crippen LogP contribution < -0.4 is 5.32 Å². The van der Waals surface area contributed by atoms with Crippen molar-refractivity contribution in [1.82, 2.24) is 10.2 Å². The number of amides is 1. The molecule has 1 saturated carbocycles. The van der Waals surface area contributed by atoms with E-state index in [2.05, 4.69) is 15.1 Å². The van der Waals surface area contributed by atoms with Crippen molar-refractivity contribution in [3.8, 4) is 0 Å². The molecule has 1 aliphatic carbocycles. The minimum absolute atomic E-state index is 0.0847. The Morgan fingerprint density at radius 2 is 2.00 bits per heavy atom. The van der Waals surface area contributed by atoms with Crippen LogP contribution in [0.25, 0.3) is 0 Å². The van der Waals surface area contributed by atoms with Crippen molar-refractivity contribution < 1.29 is 14.7 Å². The van der Waals surface area contributed by atoms with E-state index in [1.54, 1.807) is 0 Å². The fourth-order valence-electron chi connectivity index (χ4n) is 3.13. The second-order valence-corrected chi connectivity index (χ2v) is 5.91. The Kier molecular flexibility index (Phi) is 5.17. The largest absolute Gasteiger partial charge is 0.353 e. The Morgan fingerprint density at radius 1 is 1.30 bits per heavy atom. The number of carbonyl (C=O) groups is 1. The lowest BCUT2D eigenvalue weighted by molar-refractivity contribution is -0.769. The summed E-state index contributed by atoms with van der Waals surface area (Å²) in [6.45, 7) is 1.89. The molecule has 2 fully saturated rings. The summed E-state index contributed by atoms with van der Waals surface area (Å²) in [5, 5.41) is 12.6. The van der Waals surface area contributed by atoms with Crippen LogP contribution in [-0.4, -0.2) is 48.2 Å². The lowest BCUT2D eigenvalue weighted by Gasteiger charge is -2.32. The highest BCUT2D eigenvalue weighted by atomic mass is 17.0. The molecular formula is C13H23N3O4. The highest BCUT2D eigenvalue weighted by molar-refractivity contribution is 5.79. The van der Waals surface area contributed by atoms with Gasteiger partial charge in [0, 0.05) is 12.6 Å². The minimum atomic E-state index is -0.721. The van der Waals surface area contributed by atoms with Crippen molar-refractivity contribution >= 4 is 5.91 Å². The van der Waals surface area contributed by atoms with Gasteiger partial charge in [0.15, 0.2) is 0 Å². The molecule has 20 heavy (non-hydrogen) atoms. The van der Waals surface area contributed by atoms with Gasteiger partial charge in [0.05, 0.1) is 5.92 Å². The molecule has 1 aliphatic heterocycles. The van der Waals surface area contributed by atoms with E-state index in [-0.39, 0.29) is 24.0 Å². The standard InChI is InChI=1S/C13H23N3O4/c1-15-8-2-3-10(9-15)13(17)14-11-4-6-12(7-5-11)20-16(18)19/h10-12H,2-9H2,1H3,(H,14,17). The topological polar surface area (TPSA) is 84.7 Å². The van der Waals surface area contributed by atoms with E-state index in [0.717, 1.165) is 38.8 Å². The van der Waals surface area contributed by atoms with Gasteiger partial charge in [-0.1, -0.05) is 0 Å². The highest BCUT2D eigenvalue weighted by Gasteiger charge is 2.28. The molecule has 0 spiro atoms. The van der Waals surface area contributed by atoms with Crippen molar-refractivity contribution in [3.63, 3.8) is 0 Å². The van der Waals surface area contributed by atoms with Crippen LogP contribution in [0.15, 0.2) is 0 Å². The molecule has 1 unspecified atom stereocenters. The maximum Gasteiger partial charge on any atom is 0.294 e. The number of hydrogen-bond acceptors (Lipinski definition) is 5. The summed E-state index contributed by atoms with van der Waals surface area (Å²) < 4.78 is 0. The van der Waals surface area contributed by atoms with Crippen LogP contribution in [0, 0.1) is 16.0 Å². The van der Waals surface area contributed by atoms with E-state index >= 15 is 0 Å². The maximum atomic E-state index is 12.2. The Hall–Kier alpha value is -1.37. The number of carbonyl (C=O) groups excluding carboxylic acids is 1. The Bertz CT molecular complexity index is 356. The third-order valence-corrected chi connectivity index (χ3v) is 4.25. The smallest absolute Gasteiger partial charge is 0.294 e. The molecule has 1 atom stereocenters. The number of piperidine rings is 1. The summed E-state index contributed by atoms with van der Waals surface area (Å²) in [4.78, 5) is 29.2. The molecular weight excluding hydrogens is 262 g/mol. The van der Waals surface area contributed by atoms with E-state index in [1.165, 1.54) is 0 Å². The van der Waals surface area contributed by atoms with Crippen LogP contribution in [0.2, 0.25) is 0 Å². The van der Waals surface area contributed by atoms with Gasteiger partial charge in [-0.05, 0) is 52.1 Å². The average Bonchev–Trinajstić information content (AvgIpc) is 2.40. The molecule has 1 saturated heterocycles. The molecule has 114 valence electrons. The fourth-order valence-corrected chi connectivity index (χ4v) is 3.13. The summed E-state index contributed by atoms with van der Waals surface area (Å²) in [6, 6.07) is 0.140. The zero-order valence-electron chi connectivity index (χ0n) is 11.9. The second-order valence-electron chi connectivity index (χ2n) is 5.91. The number of nitrogens with zero attached hydrogens (tertiary/aromatic N) is 2. The van der Waals surface area contributed by atoms with E-state index in [9.17, 15) is 14.9 Å². The molecule has 7 heteroatoms. The van der Waals surface area contributed by atoms with Gasteiger partial charge in [0.2, 0.25) is 5.91 Å². The van der Waals surface area contributed by atoms with Crippen molar-refractivity contribution in [2.24, 2.45) is 5.92 Å². The third-order valence-electron chi connectivity index (χ3n) is 4.25. The minimum Gasteiger partial charge on any atom is -0.353 e. The number of likely N-dealkylation sites (tertiary alicyclic amines) is 1. The first kappa shape index (κ1) is 15.0. The van der Waals surface area contributed by atoms with Gasteiger partial charge in [-0.3, -0.25) is 4.79 Å². The first-order valence-corrected chi connectivity index (χ1v) is 7.34. The van der Waals surface area contributed by atoms with Gasteiger partial charge < -0.3 is 15.1 Å². The summed E-state index contributed by atoms with van der Waals surface area (Å²) in [6.07, 6.45) is 4.50. The van der Waals surface area contributed by atoms with Crippen LogP contribution in [0.3, 0.4) is 0 Å². The van der Waals surface area contributed by atoms with Crippen LogP contribution in [0.5, 0.6) is 0 Å². The SMILES string of the molecule is CN1CCCC(C(=O)NC2CCC(O[N+](=O)[O-])CC2)C1. The summed E-state index contributed by atoms with van der Waals surface area (Å²) in [7, 11) is 2.04. The normalized spacial score (nSPS) is 31.6. The molecule has 0 radical (unpaired) electrons. The van der Waals surface area contributed by atoms with E-state index in [4.69, 9.17) is 0 Å². The molecule has 1 amide bonds. The Labute approximate surface area is 118 Å². The van der Waals surface area contributed by atoms with Crippen molar-refractivity contribution in [1.29, 1.82) is 0 Å². The van der Waals surface area contributed by atoms with Crippen LogP contribution in [-0.2, 0) is 9.63 Å². The zero-order valence-corrected chi connectivity index (χ0v) is 11.9. The fraction of sp³-hybridized carbons (Fsp3) is 0.923. The van der Waals surface area contributed by atoms with Gasteiger partial charge in [-0.25, -0.2) is 0 Å². The van der Waals surface area contributed by atoms with E-state index < -0.39 is 5.09 Å². The lowest BCUT2D eigenvalue weighted by atomic mass is 9.91. The summed E-state index contributed by atoms with van der Waals surface area (Å²) in [5.74, 6) is 0.219. The van der Waals surface area contributed by atoms with E-state index in [0.29, 0.717) is 12.8 Å². The summed E-state index contributed by atoms with van der Waals surface area (Å²) in [5.41, 5.74) is 0. The molecule has 1 N–H and O–H groups in total. The maximum absolute atomic E-state index is 12.2. The molecule has 7 nitrogen and oxygen atoms in total. The van der Waals surface area contributed by atoms with Crippen molar-refractivity contribution in [2.45, 2.75) is 50.7 Å². The van der Waals surface area contributed by atoms with Gasteiger partial charge in [-0.15, -0.1) is 10.1 Å². The second kappa shape index (κ2) is 6.88. The van der Waals surface area contributed by atoms with Gasteiger partial charge in [0.25, 0.3) is 5.09 Å². The molecule has 1 heterocycles. The van der Waals surface area contributed by atoms with Crippen LogP contribution >= 0.6 is 0 Å². The van der Waals surface area contributed by atoms with Crippen LogP contribution in [0.4, 0.5) is 0 Å². The zero-order chi connectivity index (χ0) is 14.5. The Balaban J connectivity index is 1.72.